The minimum absolute atomic E-state index is 0. The molecule has 0 aliphatic carbocycles. The minimum Gasteiger partial charge on any atom is -0.512 e. The van der Waals surface area contributed by atoms with Crippen LogP contribution < -0.4 is 0 Å². The Balaban J connectivity index is 0.000000320. The van der Waals surface area contributed by atoms with Crippen molar-refractivity contribution in [1.82, 2.24) is 4.98 Å². The van der Waals surface area contributed by atoms with E-state index in [1.165, 1.54) is 38.2 Å². The average molecular weight is 935 g/mol. The Labute approximate surface area is 347 Å². The van der Waals surface area contributed by atoms with Crippen LogP contribution in [0.3, 0.4) is 0 Å². The van der Waals surface area contributed by atoms with E-state index in [1.54, 1.807) is 11.3 Å². The molecular formula is C49H60IrNO3S-. The molecule has 3 aromatic carbocycles. The number of carbonyl (C=O) groups excluding carboxylic acids is 1. The molecule has 0 fully saturated rings. The average Bonchev–Trinajstić information content (AvgIpc) is 3.73. The zero-order valence-corrected chi connectivity index (χ0v) is 38.2. The summed E-state index contributed by atoms with van der Waals surface area (Å²) in [5.41, 5.74) is 6.23. The molecule has 6 rings (SSSR count). The molecule has 3 heterocycles. The molecule has 55 heavy (non-hydrogen) atoms. The molecule has 0 aliphatic rings. The summed E-state index contributed by atoms with van der Waals surface area (Å²) in [5.74, 6) is 1.86. The van der Waals surface area contributed by atoms with E-state index >= 15 is 0 Å². The van der Waals surface area contributed by atoms with Gasteiger partial charge in [0.15, 0.2) is 5.78 Å². The molecule has 0 saturated heterocycles. The summed E-state index contributed by atoms with van der Waals surface area (Å²) in [7, 11) is 0. The number of ketones is 1. The zero-order valence-electron chi connectivity index (χ0n) is 35.0. The summed E-state index contributed by atoms with van der Waals surface area (Å²) in [6.07, 6.45) is 7.73. The number of aryl methyl sites for hydroxylation is 1. The Kier molecular flexibility index (Phi) is 14.2. The minimum atomic E-state index is -0.337. The fourth-order valence-corrected chi connectivity index (χ4v) is 8.15. The Morgan fingerprint density at radius 1 is 0.873 bits per heavy atom. The van der Waals surface area contributed by atoms with E-state index in [4.69, 9.17) is 9.40 Å². The number of hydrogen-bond donors (Lipinski definition) is 1. The van der Waals surface area contributed by atoms with Crippen molar-refractivity contribution in [2.45, 2.75) is 121 Å². The maximum atomic E-state index is 12.2. The van der Waals surface area contributed by atoms with Crippen LogP contribution in [0.25, 0.3) is 53.7 Å². The van der Waals surface area contributed by atoms with Gasteiger partial charge in [0.25, 0.3) is 0 Å². The zero-order chi connectivity index (χ0) is 39.6. The molecule has 0 bridgehead atoms. The van der Waals surface area contributed by atoms with E-state index in [0.717, 1.165) is 70.4 Å². The second-order valence-electron chi connectivity index (χ2n) is 17.0. The normalized spacial score (nSPS) is 12.6. The molecule has 4 nitrogen and oxygen atoms in total. The van der Waals surface area contributed by atoms with Gasteiger partial charge >= 0.3 is 0 Å². The third-order valence-corrected chi connectivity index (χ3v) is 12.9. The standard InChI is InChI=1S/C34H32NOS.C15H28O2.Ir/c1-20(2)15-22-11-12-25-21(3)33(36-29(25)16-22)31-19-27-30(37-31)13-14-35-32(27)24-17-23-9-7-8-10-26(23)28(18-24)34(4,5)6;1-7-14(5,8-2)12(16)11-13(17)15(6,9-3)10-4;/h7-14,16,18-20H,15H2,1-6H3;11,16H,7-10H2,1-6H3;/q-1;;/b;12-11-;. The number of pyridine rings is 1. The van der Waals surface area contributed by atoms with Crippen molar-refractivity contribution < 1.29 is 34.4 Å². The van der Waals surface area contributed by atoms with Gasteiger partial charge in [0.05, 0.1) is 4.88 Å². The van der Waals surface area contributed by atoms with E-state index in [2.05, 4.69) is 108 Å². The van der Waals surface area contributed by atoms with E-state index in [1.807, 2.05) is 47.7 Å². The van der Waals surface area contributed by atoms with Crippen molar-refractivity contribution in [1.29, 1.82) is 0 Å². The molecule has 0 unspecified atom stereocenters. The van der Waals surface area contributed by atoms with Crippen molar-refractivity contribution in [2.75, 3.05) is 0 Å². The van der Waals surface area contributed by atoms with Gasteiger partial charge in [0, 0.05) is 64.6 Å². The summed E-state index contributed by atoms with van der Waals surface area (Å²) in [4.78, 5) is 18.2. The SMILES string of the molecule is CCC(C)(CC)C(=O)/C=C(\O)C(C)(CC)CC.Cc1c(-c2cc3c(-c4[c-]c5ccccc5c(C(C)(C)C)c4)nccc3s2)oc2cc(CC(C)C)ccc12.[Ir]. The molecule has 0 spiro atoms. The van der Waals surface area contributed by atoms with Gasteiger partial charge in [0.1, 0.15) is 17.1 Å². The van der Waals surface area contributed by atoms with Gasteiger partial charge in [-0.3, -0.25) is 9.78 Å². The van der Waals surface area contributed by atoms with Crippen molar-refractivity contribution in [3.8, 4) is 21.9 Å². The van der Waals surface area contributed by atoms with Crippen LogP contribution in [0.4, 0.5) is 0 Å². The fourth-order valence-electron chi connectivity index (χ4n) is 7.05. The molecule has 0 saturated carbocycles. The van der Waals surface area contributed by atoms with Crippen LogP contribution in [0.2, 0.25) is 0 Å². The first-order valence-electron chi connectivity index (χ1n) is 19.8. The number of carbonyl (C=O) groups is 1. The van der Waals surface area contributed by atoms with Crippen LogP contribution in [0.15, 0.2) is 83.1 Å². The number of aliphatic hydroxyl groups is 1. The summed E-state index contributed by atoms with van der Waals surface area (Å²) in [6.45, 7) is 25.6. The summed E-state index contributed by atoms with van der Waals surface area (Å²) in [5, 5.41) is 14.9. The molecule has 1 N–H and O–H groups in total. The van der Waals surface area contributed by atoms with Gasteiger partial charge in [-0.1, -0.05) is 117 Å². The van der Waals surface area contributed by atoms with Crippen LogP contribution in [0.1, 0.15) is 119 Å². The predicted octanol–water partition coefficient (Wildman–Crippen LogP) is 14.8. The Morgan fingerprint density at radius 2 is 1.53 bits per heavy atom. The number of rotatable bonds is 11. The number of thiophene rings is 1. The molecule has 0 atom stereocenters. The third kappa shape index (κ3) is 9.36. The van der Waals surface area contributed by atoms with Gasteiger partial charge in [-0.05, 0) is 79.5 Å². The number of aliphatic hydroxyl groups excluding tert-OH is 1. The topological polar surface area (TPSA) is 63.3 Å². The number of allylic oxidation sites excluding steroid dienone is 2. The van der Waals surface area contributed by atoms with Crippen LogP contribution in [0.5, 0.6) is 0 Å². The summed E-state index contributed by atoms with van der Waals surface area (Å²) in [6, 6.07) is 25.5. The number of fused-ring (bicyclic) bond motifs is 3. The summed E-state index contributed by atoms with van der Waals surface area (Å²) < 4.78 is 7.69. The maximum absolute atomic E-state index is 12.2. The molecule has 6 aromatic rings. The third-order valence-electron chi connectivity index (χ3n) is 11.8. The smallest absolute Gasteiger partial charge is 0.164 e. The van der Waals surface area contributed by atoms with Gasteiger partial charge in [0.2, 0.25) is 0 Å². The first kappa shape index (κ1) is 44.1. The number of nitrogens with zero attached hydrogens (tertiary/aromatic N) is 1. The van der Waals surface area contributed by atoms with E-state index < -0.39 is 0 Å². The second-order valence-corrected chi connectivity index (χ2v) is 18.1. The molecule has 6 heteroatoms. The number of hydrogen-bond acceptors (Lipinski definition) is 5. The summed E-state index contributed by atoms with van der Waals surface area (Å²) >= 11 is 1.77. The van der Waals surface area contributed by atoms with Crippen molar-refractivity contribution in [2.24, 2.45) is 16.7 Å². The fraction of sp³-hybridized carbons (Fsp3) is 0.429. The maximum Gasteiger partial charge on any atom is 0.164 e. The van der Waals surface area contributed by atoms with Crippen LogP contribution in [-0.4, -0.2) is 15.9 Å². The van der Waals surface area contributed by atoms with Gasteiger partial charge < -0.3 is 9.52 Å². The van der Waals surface area contributed by atoms with E-state index in [0.29, 0.717) is 5.92 Å². The number of aromatic nitrogens is 1. The van der Waals surface area contributed by atoms with E-state index in [-0.39, 0.29) is 47.9 Å². The van der Waals surface area contributed by atoms with Gasteiger partial charge in [-0.25, -0.2) is 0 Å². The largest absolute Gasteiger partial charge is 0.512 e. The molecule has 3 aromatic heterocycles. The predicted molar refractivity (Wildman–Crippen MR) is 232 cm³/mol. The van der Waals surface area contributed by atoms with Crippen LogP contribution in [0, 0.1) is 29.7 Å². The number of furan rings is 1. The van der Waals surface area contributed by atoms with Gasteiger partial charge in [-0.15, -0.1) is 40.5 Å². The first-order chi connectivity index (χ1) is 25.5. The first-order valence-corrected chi connectivity index (χ1v) is 20.6. The van der Waals surface area contributed by atoms with Crippen molar-refractivity contribution in [3.05, 3.63) is 101 Å². The van der Waals surface area contributed by atoms with E-state index in [9.17, 15) is 9.90 Å². The molecule has 295 valence electrons. The second kappa shape index (κ2) is 17.7. The van der Waals surface area contributed by atoms with Crippen molar-refractivity contribution in [3.63, 3.8) is 0 Å². The van der Waals surface area contributed by atoms with Crippen molar-refractivity contribution >= 4 is 48.9 Å². The number of benzene rings is 3. The van der Waals surface area contributed by atoms with Gasteiger partial charge in [-0.2, -0.15) is 0 Å². The molecule has 0 aliphatic heterocycles. The molecular weight excluding hydrogens is 875 g/mol. The monoisotopic (exact) mass is 935 g/mol. The van der Waals surface area contributed by atoms with Crippen LogP contribution in [-0.2, 0) is 36.7 Å². The Hall–Kier alpha value is -3.57. The quantitative estimate of drug-likeness (QED) is 0.0799. The Morgan fingerprint density at radius 3 is 2.15 bits per heavy atom. The van der Waals surface area contributed by atoms with Crippen LogP contribution >= 0.6 is 11.3 Å². The molecule has 0 amide bonds. The molecule has 1 radical (unpaired) electrons. The Bertz CT molecular complexity index is 2290.